The lowest BCUT2D eigenvalue weighted by Gasteiger charge is -2.45. The number of nitrogens with one attached hydrogen (secondary N) is 1. The fraction of sp³-hybridized carbons (Fsp3) is 0.933. The van der Waals surface area contributed by atoms with Gasteiger partial charge in [-0.25, -0.2) is 0 Å². The first-order chi connectivity index (χ1) is 8.61. The van der Waals surface area contributed by atoms with E-state index >= 15 is 0 Å². The van der Waals surface area contributed by atoms with Crippen molar-refractivity contribution in [2.24, 2.45) is 11.8 Å². The summed E-state index contributed by atoms with van der Waals surface area (Å²) in [5.74, 6) is 1.02. The summed E-state index contributed by atoms with van der Waals surface area (Å²) < 4.78 is 0. The molecule has 3 heteroatoms. The quantitative estimate of drug-likeness (QED) is 0.833. The van der Waals surface area contributed by atoms with Crippen LogP contribution in [0.1, 0.15) is 52.9 Å². The molecule has 0 aromatic carbocycles. The number of nitrogens with zero attached hydrogens (tertiary/aromatic N) is 1. The van der Waals surface area contributed by atoms with E-state index < -0.39 is 0 Å². The van der Waals surface area contributed by atoms with E-state index in [1.807, 2.05) is 0 Å². The lowest BCUT2D eigenvalue weighted by Crippen LogP contribution is -2.55. The van der Waals surface area contributed by atoms with Crippen molar-refractivity contribution < 1.29 is 4.79 Å². The lowest BCUT2D eigenvalue weighted by molar-refractivity contribution is -0.144. The highest BCUT2D eigenvalue weighted by molar-refractivity contribution is 5.79. The van der Waals surface area contributed by atoms with Crippen LogP contribution in [-0.2, 0) is 4.79 Å². The van der Waals surface area contributed by atoms with Crippen LogP contribution in [0.25, 0.3) is 0 Å². The average Bonchev–Trinajstić information content (AvgIpc) is 2.32. The molecule has 0 aromatic rings. The van der Waals surface area contributed by atoms with Crippen molar-refractivity contribution in [3.63, 3.8) is 0 Å². The van der Waals surface area contributed by atoms with Crippen LogP contribution in [0.5, 0.6) is 0 Å². The molecule has 3 nitrogen and oxygen atoms in total. The Hall–Kier alpha value is -0.570. The summed E-state index contributed by atoms with van der Waals surface area (Å²) in [5, 5.41) is 3.40. The zero-order chi connectivity index (χ0) is 13.1. The number of rotatable bonds is 4. The molecule has 2 rings (SSSR count). The SMILES string of the molecule is CC(C)C(C)C(=O)N(C1CCC1)C1CCNCC1. The van der Waals surface area contributed by atoms with Gasteiger partial charge in [0.05, 0.1) is 0 Å². The summed E-state index contributed by atoms with van der Waals surface area (Å²) in [5.41, 5.74) is 0. The fourth-order valence-corrected chi connectivity index (χ4v) is 2.93. The summed E-state index contributed by atoms with van der Waals surface area (Å²) in [6.07, 6.45) is 6.01. The molecule has 1 saturated carbocycles. The molecule has 1 aliphatic carbocycles. The Morgan fingerprint density at radius 1 is 1.06 bits per heavy atom. The van der Waals surface area contributed by atoms with E-state index in [1.54, 1.807) is 0 Å². The lowest BCUT2D eigenvalue weighted by atomic mass is 9.86. The van der Waals surface area contributed by atoms with E-state index in [0.29, 0.717) is 23.9 Å². The number of hydrogen-bond acceptors (Lipinski definition) is 2. The minimum absolute atomic E-state index is 0.167. The van der Waals surface area contributed by atoms with Crippen molar-refractivity contribution in [3.05, 3.63) is 0 Å². The monoisotopic (exact) mass is 252 g/mol. The third-order valence-corrected chi connectivity index (χ3v) is 4.81. The zero-order valence-corrected chi connectivity index (χ0v) is 12.1. The largest absolute Gasteiger partial charge is 0.336 e. The highest BCUT2D eigenvalue weighted by Crippen LogP contribution is 2.31. The van der Waals surface area contributed by atoms with Crippen LogP contribution in [0.4, 0.5) is 0 Å². The molecule has 0 aromatic heterocycles. The second-order valence-electron chi connectivity index (χ2n) is 6.34. The molecule has 0 bridgehead atoms. The first-order valence-corrected chi connectivity index (χ1v) is 7.64. The van der Waals surface area contributed by atoms with E-state index in [4.69, 9.17) is 0 Å². The van der Waals surface area contributed by atoms with Gasteiger partial charge in [0.15, 0.2) is 0 Å². The summed E-state index contributed by atoms with van der Waals surface area (Å²) >= 11 is 0. The molecule has 18 heavy (non-hydrogen) atoms. The Kier molecular flexibility index (Phi) is 4.66. The van der Waals surface area contributed by atoms with Gasteiger partial charge in [-0.05, 0) is 51.1 Å². The molecule has 1 saturated heterocycles. The highest BCUT2D eigenvalue weighted by Gasteiger charge is 2.36. The van der Waals surface area contributed by atoms with Crippen molar-refractivity contribution >= 4 is 5.91 Å². The van der Waals surface area contributed by atoms with E-state index in [9.17, 15) is 4.79 Å². The smallest absolute Gasteiger partial charge is 0.226 e. The Morgan fingerprint density at radius 3 is 2.06 bits per heavy atom. The molecule has 2 aliphatic rings. The van der Waals surface area contributed by atoms with Gasteiger partial charge in [0.1, 0.15) is 0 Å². The van der Waals surface area contributed by atoms with Crippen LogP contribution in [0, 0.1) is 11.8 Å². The third-order valence-electron chi connectivity index (χ3n) is 4.81. The third kappa shape index (κ3) is 2.87. The van der Waals surface area contributed by atoms with E-state index in [1.165, 1.54) is 19.3 Å². The molecular formula is C15H28N2O. The van der Waals surface area contributed by atoms with Gasteiger partial charge in [0.2, 0.25) is 5.91 Å². The Morgan fingerprint density at radius 2 is 1.61 bits per heavy atom. The van der Waals surface area contributed by atoms with Crippen molar-refractivity contribution in [1.82, 2.24) is 10.2 Å². The predicted molar refractivity (Wildman–Crippen MR) is 74.4 cm³/mol. The first-order valence-electron chi connectivity index (χ1n) is 7.64. The molecule has 104 valence electrons. The van der Waals surface area contributed by atoms with Gasteiger partial charge in [-0.2, -0.15) is 0 Å². The standard InChI is InChI=1S/C15H28N2O/c1-11(2)12(3)15(18)17(13-5-4-6-13)14-7-9-16-10-8-14/h11-14,16H,4-10H2,1-3H3. The second kappa shape index (κ2) is 6.05. The van der Waals surface area contributed by atoms with Crippen LogP contribution in [-0.4, -0.2) is 36.0 Å². The normalized spacial score (nSPS) is 23.8. The highest BCUT2D eigenvalue weighted by atomic mass is 16.2. The number of hydrogen-bond donors (Lipinski definition) is 1. The maximum absolute atomic E-state index is 12.7. The Balaban J connectivity index is 2.06. The molecule has 2 fully saturated rings. The molecule has 1 N–H and O–H groups in total. The summed E-state index contributed by atoms with van der Waals surface area (Å²) in [6, 6.07) is 1.03. The molecule has 1 atom stereocenters. The van der Waals surface area contributed by atoms with Crippen LogP contribution in [0.15, 0.2) is 0 Å². The average molecular weight is 252 g/mol. The van der Waals surface area contributed by atoms with Gasteiger partial charge in [-0.3, -0.25) is 4.79 Å². The number of amides is 1. The van der Waals surface area contributed by atoms with Crippen LogP contribution in [0.2, 0.25) is 0 Å². The molecule has 1 unspecified atom stereocenters. The van der Waals surface area contributed by atoms with Crippen LogP contribution < -0.4 is 5.32 Å². The van der Waals surface area contributed by atoms with Gasteiger partial charge in [-0.15, -0.1) is 0 Å². The van der Waals surface area contributed by atoms with Gasteiger partial charge < -0.3 is 10.2 Å². The van der Waals surface area contributed by atoms with Crippen LogP contribution >= 0.6 is 0 Å². The van der Waals surface area contributed by atoms with Crippen LogP contribution in [0.3, 0.4) is 0 Å². The van der Waals surface area contributed by atoms with Crippen molar-refractivity contribution in [1.29, 1.82) is 0 Å². The number of piperidine rings is 1. The fourth-order valence-electron chi connectivity index (χ4n) is 2.93. The predicted octanol–water partition coefficient (Wildman–Crippen LogP) is 2.41. The molecule has 0 radical (unpaired) electrons. The van der Waals surface area contributed by atoms with Gasteiger partial charge in [-0.1, -0.05) is 20.8 Å². The summed E-state index contributed by atoms with van der Waals surface area (Å²) in [6.45, 7) is 8.54. The molecule has 1 aliphatic heterocycles. The Labute approximate surface area is 111 Å². The van der Waals surface area contributed by atoms with E-state index in [2.05, 4.69) is 31.0 Å². The molecular weight excluding hydrogens is 224 g/mol. The number of carbonyl (C=O) groups is 1. The number of carbonyl (C=O) groups excluding carboxylic acids is 1. The minimum Gasteiger partial charge on any atom is -0.336 e. The van der Waals surface area contributed by atoms with Gasteiger partial charge in [0.25, 0.3) is 0 Å². The molecule has 1 heterocycles. The van der Waals surface area contributed by atoms with E-state index in [0.717, 1.165) is 25.9 Å². The first kappa shape index (κ1) is 13.9. The Bertz CT molecular complexity index is 280. The van der Waals surface area contributed by atoms with Crippen molar-refractivity contribution in [3.8, 4) is 0 Å². The maximum Gasteiger partial charge on any atom is 0.226 e. The van der Waals surface area contributed by atoms with Crippen molar-refractivity contribution in [2.45, 2.75) is 65.0 Å². The summed E-state index contributed by atoms with van der Waals surface area (Å²) in [7, 11) is 0. The topological polar surface area (TPSA) is 32.3 Å². The molecule has 1 amide bonds. The maximum atomic E-state index is 12.7. The zero-order valence-electron chi connectivity index (χ0n) is 12.1. The van der Waals surface area contributed by atoms with E-state index in [-0.39, 0.29) is 5.92 Å². The van der Waals surface area contributed by atoms with Crippen molar-refractivity contribution in [2.75, 3.05) is 13.1 Å². The van der Waals surface area contributed by atoms with Gasteiger partial charge >= 0.3 is 0 Å². The minimum atomic E-state index is 0.167. The molecule has 0 spiro atoms. The van der Waals surface area contributed by atoms with Gasteiger partial charge in [0, 0.05) is 18.0 Å². The summed E-state index contributed by atoms with van der Waals surface area (Å²) in [4.78, 5) is 15.0. The second-order valence-corrected chi connectivity index (χ2v) is 6.34.